The zero-order valence-corrected chi connectivity index (χ0v) is 16.9. The first-order valence-corrected chi connectivity index (χ1v) is 9.92. The minimum absolute atomic E-state index is 0.153. The highest BCUT2D eigenvalue weighted by molar-refractivity contribution is 5.78. The number of unbranched alkanes of at least 4 members (excludes halogenated alkanes) is 4. The fourth-order valence-electron chi connectivity index (χ4n) is 3.26. The van der Waals surface area contributed by atoms with Gasteiger partial charge in [-0.15, -0.1) is 0 Å². The van der Waals surface area contributed by atoms with Crippen molar-refractivity contribution < 1.29 is 19.8 Å². The number of Topliss-reactive ketones (excluding diaryl/α,β-unsaturated/α-hetero) is 1. The Morgan fingerprint density at radius 2 is 1.20 bits per heavy atom. The van der Waals surface area contributed by atoms with Crippen molar-refractivity contribution in [2.45, 2.75) is 105 Å². The summed E-state index contributed by atoms with van der Waals surface area (Å²) in [6.07, 6.45) is 10.5. The number of carboxylic acids is 1. The van der Waals surface area contributed by atoms with Crippen LogP contribution in [0.5, 0.6) is 0 Å². The molecule has 0 aliphatic carbocycles. The highest BCUT2D eigenvalue weighted by Gasteiger charge is 2.21. The van der Waals surface area contributed by atoms with Gasteiger partial charge in [-0.25, -0.2) is 0 Å². The summed E-state index contributed by atoms with van der Waals surface area (Å²) in [6, 6.07) is 0. The van der Waals surface area contributed by atoms with Gasteiger partial charge in [0.15, 0.2) is 0 Å². The average Bonchev–Trinajstić information content (AvgIpc) is 2.44. The van der Waals surface area contributed by atoms with Gasteiger partial charge in [0.1, 0.15) is 5.78 Å². The second kappa shape index (κ2) is 12.5. The summed E-state index contributed by atoms with van der Waals surface area (Å²) in [5, 5.41) is 17.9. The Morgan fingerprint density at radius 3 is 1.64 bits per heavy atom. The number of ketones is 1. The van der Waals surface area contributed by atoms with Crippen LogP contribution in [0.1, 0.15) is 105 Å². The summed E-state index contributed by atoms with van der Waals surface area (Å²) >= 11 is 0. The fraction of sp³-hybridized carbons (Fsp3) is 0.905. The molecule has 0 aromatic heterocycles. The van der Waals surface area contributed by atoms with Gasteiger partial charge in [0.25, 0.3) is 0 Å². The molecule has 0 radical (unpaired) electrons. The second-order valence-corrected chi connectivity index (χ2v) is 9.03. The first-order valence-electron chi connectivity index (χ1n) is 9.92. The lowest BCUT2D eigenvalue weighted by Crippen LogP contribution is -2.16. The normalized spacial score (nSPS) is 12.4. The van der Waals surface area contributed by atoms with E-state index in [0.717, 1.165) is 57.8 Å². The maximum atomic E-state index is 11.9. The van der Waals surface area contributed by atoms with Gasteiger partial charge >= 0.3 is 5.97 Å². The third kappa shape index (κ3) is 15.1. The molecule has 0 bridgehead atoms. The van der Waals surface area contributed by atoms with Crippen molar-refractivity contribution in [2.24, 2.45) is 10.8 Å². The minimum Gasteiger partial charge on any atom is -0.481 e. The van der Waals surface area contributed by atoms with Gasteiger partial charge in [-0.3, -0.25) is 9.59 Å². The lowest BCUT2D eigenvalue weighted by Gasteiger charge is -2.23. The number of aliphatic hydroxyl groups is 1. The highest BCUT2D eigenvalue weighted by Crippen LogP contribution is 2.28. The van der Waals surface area contributed by atoms with Gasteiger partial charge in [0.2, 0.25) is 0 Å². The number of aliphatic carboxylic acids is 1. The monoisotopic (exact) mass is 356 g/mol. The molecule has 0 aliphatic heterocycles. The van der Waals surface area contributed by atoms with E-state index in [4.69, 9.17) is 10.2 Å². The summed E-state index contributed by atoms with van der Waals surface area (Å²) in [4.78, 5) is 22.7. The fourth-order valence-corrected chi connectivity index (χ4v) is 3.26. The Morgan fingerprint density at radius 1 is 0.720 bits per heavy atom. The Labute approximate surface area is 154 Å². The van der Waals surface area contributed by atoms with Crippen molar-refractivity contribution in [2.75, 3.05) is 6.61 Å². The molecule has 0 amide bonds. The van der Waals surface area contributed by atoms with Crippen molar-refractivity contribution in [3.8, 4) is 0 Å². The molecule has 2 N–H and O–H groups in total. The molecule has 0 aliphatic rings. The molecular weight excluding hydrogens is 316 g/mol. The van der Waals surface area contributed by atoms with Crippen LogP contribution in [0.4, 0.5) is 0 Å². The molecule has 0 saturated carbocycles. The SMILES string of the molecule is CC(C)(CCO)CCCCCC(=O)CCCCCC(C)(C)CC(=O)O. The molecular formula is C21H40O4. The number of carbonyl (C=O) groups is 2. The predicted molar refractivity (Wildman–Crippen MR) is 103 cm³/mol. The average molecular weight is 357 g/mol. The topological polar surface area (TPSA) is 74.6 Å². The zero-order valence-electron chi connectivity index (χ0n) is 16.9. The van der Waals surface area contributed by atoms with Crippen LogP contribution >= 0.6 is 0 Å². The van der Waals surface area contributed by atoms with Crippen LogP contribution in [0.2, 0.25) is 0 Å². The van der Waals surface area contributed by atoms with Crippen LogP contribution in [0.25, 0.3) is 0 Å². The van der Waals surface area contributed by atoms with Crippen LogP contribution < -0.4 is 0 Å². The van der Waals surface area contributed by atoms with Crippen LogP contribution in [-0.4, -0.2) is 28.6 Å². The summed E-state index contributed by atoms with van der Waals surface area (Å²) < 4.78 is 0. The number of hydrogen-bond acceptors (Lipinski definition) is 3. The van der Waals surface area contributed by atoms with Gasteiger partial charge in [-0.2, -0.15) is 0 Å². The van der Waals surface area contributed by atoms with E-state index in [1.165, 1.54) is 0 Å². The van der Waals surface area contributed by atoms with Gasteiger partial charge in [-0.1, -0.05) is 53.4 Å². The standard InChI is InChI=1S/C21H40O4/c1-20(2,15-16-22)13-9-5-7-11-18(23)12-8-6-10-14-21(3,4)17-19(24)25/h22H,5-17H2,1-4H3,(H,24,25). The summed E-state index contributed by atoms with van der Waals surface area (Å²) in [5.74, 6) is -0.376. The quantitative estimate of drug-likeness (QED) is 0.365. The molecule has 0 spiro atoms. The maximum absolute atomic E-state index is 11.9. The van der Waals surface area contributed by atoms with Gasteiger partial charge in [0, 0.05) is 19.4 Å². The van der Waals surface area contributed by atoms with E-state index in [0.29, 0.717) is 18.6 Å². The van der Waals surface area contributed by atoms with Crippen LogP contribution in [-0.2, 0) is 9.59 Å². The second-order valence-electron chi connectivity index (χ2n) is 9.03. The van der Waals surface area contributed by atoms with E-state index >= 15 is 0 Å². The largest absolute Gasteiger partial charge is 0.481 e. The van der Waals surface area contributed by atoms with Crippen LogP contribution in [0.15, 0.2) is 0 Å². The van der Waals surface area contributed by atoms with Crippen molar-refractivity contribution in [3.05, 3.63) is 0 Å². The molecule has 4 nitrogen and oxygen atoms in total. The van der Waals surface area contributed by atoms with Crippen molar-refractivity contribution in [3.63, 3.8) is 0 Å². The Hall–Kier alpha value is -0.900. The minimum atomic E-state index is -0.736. The van der Waals surface area contributed by atoms with Gasteiger partial charge in [-0.05, 0) is 42.9 Å². The maximum Gasteiger partial charge on any atom is 0.303 e. The first kappa shape index (κ1) is 24.1. The molecule has 0 aromatic carbocycles. The van der Waals surface area contributed by atoms with Gasteiger partial charge in [0.05, 0.1) is 6.42 Å². The van der Waals surface area contributed by atoms with E-state index < -0.39 is 5.97 Å². The number of hydrogen-bond donors (Lipinski definition) is 2. The Kier molecular flexibility index (Phi) is 12.0. The van der Waals surface area contributed by atoms with Gasteiger partial charge < -0.3 is 10.2 Å². The Bertz CT molecular complexity index is 385. The first-order chi connectivity index (χ1) is 11.6. The van der Waals surface area contributed by atoms with E-state index in [1.54, 1.807) is 0 Å². The molecule has 0 atom stereocenters. The molecule has 0 aromatic rings. The molecule has 148 valence electrons. The summed E-state index contributed by atoms with van der Waals surface area (Å²) in [7, 11) is 0. The molecule has 0 saturated heterocycles. The van der Waals surface area contributed by atoms with E-state index in [-0.39, 0.29) is 23.9 Å². The third-order valence-corrected chi connectivity index (χ3v) is 5.04. The zero-order chi connectivity index (χ0) is 19.3. The molecule has 25 heavy (non-hydrogen) atoms. The van der Waals surface area contributed by atoms with Crippen molar-refractivity contribution in [1.29, 1.82) is 0 Å². The molecule has 0 rings (SSSR count). The summed E-state index contributed by atoms with van der Waals surface area (Å²) in [5.41, 5.74) is 0.0484. The van der Waals surface area contributed by atoms with Crippen molar-refractivity contribution in [1.82, 2.24) is 0 Å². The highest BCUT2D eigenvalue weighted by atomic mass is 16.4. The molecule has 0 heterocycles. The lowest BCUT2D eigenvalue weighted by molar-refractivity contribution is -0.139. The summed E-state index contributed by atoms with van der Waals surface area (Å²) in [6.45, 7) is 8.61. The number of carboxylic acid groups (broad SMARTS) is 1. The van der Waals surface area contributed by atoms with E-state index in [1.807, 2.05) is 13.8 Å². The Balaban J connectivity index is 3.61. The third-order valence-electron chi connectivity index (χ3n) is 5.04. The smallest absolute Gasteiger partial charge is 0.303 e. The molecule has 0 unspecified atom stereocenters. The number of rotatable bonds is 16. The number of carbonyl (C=O) groups excluding carboxylic acids is 1. The molecule has 0 fully saturated rings. The van der Waals surface area contributed by atoms with E-state index in [2.05, 4.69) is 13.8 Å². The van der Waals surface area contributed by atoms with Crippen LogP contribution in [0.3, 0.4) is 0 Å². The molecule has 4 heteroatoms. The number of aliphatic hydroxyl groups excluding tert-OH is 1. The van der Waals surface area contributed by atoms with Crippen molar-refractivity contribution >= 4 is 11.8 Å². The lowest BCUT2D eigenvalue weighted by atomic mass is 9.83. The predicted octanol–water partition coefficient (Wildman–Crippen LogP) is 5.37. The van der Waals surface area contributed by atoms with Crippen LogP contribution in [0, 0.1) is 10.8 Å². The van der Waals surface area contributed by atoms with E-state index in [9.17, 15) is 9.59 Å².